The van der Waals surface area contributed by atoms with Crippen molar-refractivity contribution in [1.82, 2.24) is 4.98 Å². The Morgan fingerprint density at radius 3 is 1.69 bits per heavy atom. The second-order valence-corrected chi connectivity index (χ2v) is 7.55. The van der Waals surface area contributed by atoms with Crippen LogP contribution in [0.5, 0.6) is 0 Å². The zero-order chi connectivity index (χ0) is 21.5. The largest absolute Gasteiger partial charge is 0.481 e. The van der Waals surface area contributed by atoms with Crippen LogP contribution in [-0.2, 0) is 22.2 Å². The van der Waals surface area contributed by atoms with Gasteiger partial charge in [0.15, 0.2) is 0 Å². The predicted octanol–water partition coefficient (Wildman–Crippen LogP) is 6.37. The van der Waals surface area contributed by atoms with Gasteiger partial charge in [-0.25, -0.2) is 0 Å². The van der Waals surface area contributed by atoms with Crippen LogP contribution >= 0.6 is 0 Å². The van der Waals surface area contributed by atoms with Crippen molar-refractivity contribution in [2.45, 2.75) is 96.1 Å². The second-order valence-electron chi connectivity index (χ2n) is 7.55. The van der Waals surface area contributed by atoms with Crippen molar-refractivity contribution in [3.05, 3.63) is 29.6 Å². The quantitative estimate of drug-likeness (QED) is 0.319. The molecule has 29 heavy (non-hydrogen) atoms. The molecular formula is C22H32F3NO3. The highest BCUT2D eigenvalue weighted by Gasteiger charge is 2.32. The van der Waals surface area contributed by atoms with Crippen LogP contribution in [0.1, 0.15) is 94.7 Å². The Labute approximate surface area is 170 Å². The molecule has 1 rings (SSSR count). The number of carbonyl (C=O) groups is 2. The van der Waals surface area contributed by atoms with Crippen molar-refractivity contribution >= 4 is 11.8 Å². The number of carbonyl (C=O) groups excluding carboxylic acids is 1. The van der Waals surface area contributed by atoms with E-state index in [1.54, 1.807) is 0 Å². The van der Waals surface area contributed by atoms with E-state index in [1.165, 1.54) is 25.3 Å². The third kappa shape index (κ3) is 13.0. The first-order chi connectivity index (χ1) is 13.8. The van der Waals surface area contributed by atoms with E-state index in [2.05, 4.69) is 4.98 Å². The number of rotatable bonds is 16. The summed E-state index contributed by atoms with van der Waals surface area (Å²) in [5.74, 6) is -0.683. The molecule has 0 fully saturated rings. The molecular weight excluding hydrogens is 383 g/mol. The molecule has 1 N–H and O–H groups in total. The summed E-state index contributed by atoms with van der Waals surface area (Å²) in [4.78, 5) is 25.7. The second kappa shape index (κ2) is 14.1. The summed E-state index contributed by atoms with van der Waals surface area (Å²) in [5, 5.41) is 8.55. The van der Waals surface area contributed by atoms with Gasteiger partial charge in [-0.3, -0.25) is 14.6 Å². The third-order valence-electron chi connectivity index (χ3n) is 4.86. The Bertz CT molecular complexity index is 600. The summed E-state index contributed by atoms with van der Waals surface area (Å²) in [6.07, 6.45) is 9.16. The van der Waals surface area contributed by atoms with Gasteiger partial charge in [0, 0.05) is 25.5 Å². The van der Waals surface area contributed by atoms with E-state index < -0.39 is 17.8 Å². The monoisotopic (exact) mass is 415 g/mol. The number of aromatic nitrogens is 1. The first kappa shape index (κ1) is 25.1. The summed E-state index contributed by atoms with van der Waals surface area (Å²) < 4.78 is 37.4. The number of nitrogens with zero attached hydrogens (tertiary/aromatic N) is 1. The van der Waals surface area contributed by atoms with Crippen molar-refractivity contribution in [2.75, 3.05) is 0 Å². The number of aliphatic carboxylic acids is 1. The fraction of sp³-hybridized carbons (Fsp3) is 0.682. The number of halogens is 3. The fourth-order valence-electron chi connectivity index (χ4n) is 3.20. The number of unbranched alkanes of at least 4 members (excludes halogenated alkanes) is 10. The molecule has 0 aliphatic rings. The van der Waals surface area contributed by atoms with Crippen LogP contribution in [0.25, 0.3) is 0 Å². The lowest BCUT2D eigenvalue weighted by molar-refractivity contribution is -0.141. The smallest absolute Gasteiger partial charge is 0.433 e. The Morgan fingerprint density at radius 2 is 1.28 bits per heavy atom. The number of Topliss-reactive ketones (excluding diaryl/α,β-unsaturated/α-hetero) is 1. The molecule has 0 radical (unpaired) electrons. The van der Waals surface area contributed by atoms with Gasteiger partial charge in [0.05, 0.1) is 0 Å². The minimum Gasteiger partial charge on any atom is -0.481 e. The lowest BCUT2D eigenvalue weighted by atomic mass is 10.0. The van der Waals surface area contributed by atoms with Crippen LogP contribution in [0.4, 0.5) is 13.2 Å². The van der Waals surface area contributed by atoms with E-state index in [1.807, 2.05) is 0 Å². The molecule has 0 aromatic carbocycles. The van der Waals surface area contributed by atoms with Crippen LogP contribution in [0, 0.1) is 0 Å². The van der Waals surface area contributed by atoms with Crippen molar-refractivity contribution < 1.29 is 27.9 Å². The van der Waals surface area contributed by atoms with Gasteiger partial charge >= 0.3 is 12.1 Å². The topological polar surface area (TPSA) is 67.3 Å². The number of hydrogen-bond donors (Lipinski definition) is 1. The predicted molar refractivity (Wildman–Crippen MR) is 106 cm³/mol. The van der Waals surface area contributed by atoms with Gasteiger partial charge in [-0.15, -0.1) is 0 Å². The average molecular weight is 415 g/mol. The van der Waals surface area contributed by atoms with Gasteiger partial charge in [-0.05, 0) is 24.5 Å². The number of carboxylic acid groups (broad SMARTS) is 1. The average Bonchev–Trinajstić information content (AvgIpc) is 2.65. The first-order valence-electron chi connectivity index (χ1n) is 10.5. The Hall–Kier alpha value is -1.92. The molecule has 1 aromatic rings. The van der Waals surface area contributed by atoms with Crippen LogP contribution in [0.3, 0.4) is 0 Å². The van der Waals surface area contributed by atoms with Gasteiger partial charge in [-0.1, -0.05) is 63.9 Å². The highest BCUT2D eigenvalue weighted by atomic mass is 19.4. The highest BCUT2D eigenvalue weighted by Crippen LogP contribution is 2.27. The third-order valence-corrected chi connectivity index (χ3v) is 4.86. The lowest BCUT2D eigenvalue weighted by Gasteiger charge is -2.06. The molecule has 0 spiro atoms. The molecule has 0 saturated heterocycles. The molecule has 4 nitrogen and oxygen atoms in total. The SMILES string of the molecule is O=C(O)CCCCCCCCCCCCCC(=O)Cc1ccc(C(F)(F)F)nc1. The van der Waals surface area contributed by atoms with Gasteiger partial charge in [0.1, 0.15) is 11.5 Å². The maximum atomic E-state index is 12.5. The number of ketones is 1. The zero-order valence-electron chi connectivity index (χ0n) is 17.0. The molecule has 0 amide bonds. The summed E-state index contributed by atoms with van der Waals surface area (Å²) in [6.45, 7) is 0. The first-order valence-corrected chi connectivity index (χ1v) is 10.5. The number of hydrogen-bond acceptors (Lipinski definition) is 3. The normalized spacial score (nSPS) is 11.6. The van der Waals surface area contributed by atoms with E-state index in [4.69, 9.17) is 5.11 Å². The number of carboxylic acids is 1. The van der Waals surface area contributed by atoms with E-state index in [0.717, 1.165) is 63.6 Å². The van der Waals surface area contributed by atoms with Crippen molar-refractivity contribution in [2.24, 2.45) is 0 Å². The van der Waals surface area contributed by atoms with Gasteiger partial charge < -0.3 is 5.11 Å². The Kier molecular flexibility index (Phi) is 12.2. The Balaban J connectivity index is 1.96. The summed E-state index contributed by atoms with van der Waals surface area (Å²) in [7, 11) is 0. The van der Waals surface area contributed by atoms with Crippen LogP contribution in [-0.4, -0.2) is 21.8 Å². The van der Waals surface area contributed by atoms with Gasteiger partial charge in [0.25, 0.3) is 0 Å². The molecule has 7 heteroatoms. The Morgan fingerprint density at radius 1 is 0.793 bits per heavy atom. The van der Waals surface area contributed by atoms with Crippen molar-refractivity contribution in [3.8, 4) is 0 Å². The maximum Gasteiger partial charge on any atom is 0.433 e. The lowest BCUT2D eigenvalue weighted by Crippen LogP contribution is -2.09. The van der Waals surface area contributed by atoms with E-state index in [-0.39, 0.29) is 18.6 Å². The van der Waals surface area contributed by atoms with E-state index >= 15 is 0 Å². The molecule has 164 valence electrons. The number of pyridine rings is 1. The standard InChI is InChI=1S/C22H32F3NO3/c23-22(24,25)20-15-14-18(17-26-20)16-19(27)12-10-8-6-4-2-1-3-5-7-9-11-13-21(28)29/h14-15,17H,1-13,16H2,(H,28,29). The van der Waals surface area contributed by atoms with E-state index in [9.17, 15) is 22.8 Å². The fourth-order valence-corrected chi connectivity index (χ4v) is 3.20. The molecule has 0 atom stereocenters. The molecule has 0 aliphatic carbocycles. The zero-order valence-corrected chi connectivity index (χ0v) is 17.0. The molecule has 1 heterocycles. The summed E-state index contributed by atoms with van der Waals surface area (Å²) >= 11 is 0. The summed E-state index contributed by atoms with van der Waals surface area (Å²) in [6, 6.07) is 2.23. The summed E-state index contributed by atoms with van der Waals surface area (Å²) in [5.41, 5.74) is -0.419. The van der Waals surface area contributed by atoms with Gasteiger partial charge in [-0.2, -0.15) is 13.2 Å². The minimum atomic E-state index is -4.45. The van der Waals surface area contributed by atoms with Crippen LogP contribution in [0.15, 0.2) is 18.3 Å². The minimum absolute atomic E-state index is 0.0365. The highest BCUT2D eigenvalue weighted by molar-refractivity contribution is 5.80. The van der Waals surface area contributed by atoms with Crippen LogP contribution < -0.4 is 0 Å². The van der Waals surface area contributed by atoms with Crippen LogP contribution in [0.2, 0.25) is 0 Å². The maximum absolute atomic E-state index is 12.5. The molecule has 1 aromatic heterocycles. The molecule has 0 saturated carbocycles. The molecule has 0 aliphatic heterocycles. The van der Waals surface area contributed by atoms with Gasteiger partial charge in [0.2, 0.25) is 0 Å². The van der Waals surface area contributed by atoms with Crippen molar-refractivity contribution in [1.29, 1.82) is 0 Å². The molecule has 0 unspecified atom stereocenters. The van der Waals surface area contributed by atoms with Crippen molar-refractivity contribution in [3.63, 3.8) is 0 Å². The molecule has 0 bridgehead atoms. The number of alkyl halides is 3. The van der Waals surface area contributed by atoms with E-state index in [0.29, 0.717) is 12.0 Å².